The molecule has 1 aromatic heterocycles. The first kappa shape index (κ1) is 27.8. The quantitative estimate of drug-likeness (QED) is 0.418. The normalized spacial score (nSPS) is 24.7. The summed E-state index contributed by atoms with van der Waals surface area (Å²) >= 11 is 0. The molecule has 4 aliphatic rings. The first-order chi connectivity index (χ1) is 20.8. The molecule has 2 aliphatic carbocycles. The number of ether oxygens (including phenoxy) is 1. The van der Waals surface area contributed by atoms with Crippen LogP contribution in [0, 0.1) is 31.6 Å². The molecule has 1 spiro atoms. The average molecular weight is 579 g/mol. The van der Waals surface area contributed by atoms with Crippen LogP contribution >= 0.6 is 0 Å². The highest BCUT2D eigenvalue weighted by Crippen LogP contribution is 2.55. The smallest absolute Gasteiger partial charge is 0.256 e. The van der Waals surface area contributed by atoms with E-state index >= 15 is 0 Å². The van der Waals surface area contributed by atoms with E-state index in [1.54, 1.807) is 18.3 Å². The van der Waals surface area contributed by atoms with Gasteiger partial charge in [-0.25, -0.2) is 4.98 Å². The van der Waals surface area contributed by atoms with E-state index < -0.39 is 0 Å². The number of hydrogen-bond donors (Lipinski definition) is 2. The number of aromatic nitrogens is 1. The number of fused-ring (bicyclic) bond motifs is 3. The largest absolute Gasteiger partial charge is 0.381 e. The molecule has 3 amide bonds. The molecule has 8 heteroatoms. The lowest BCUT2D eigenvalue weighted by Crippen LogP contribution is -2.45. The second-order valence-corrected chi connectivity index (χ2v) is 12.9. The minimum Gasteiger partial charge on any atom is -0.381 e. The van der Waals surface area contributed by atoms with Crippen molar-refractivity contribution in [2.45, 2.75) is 50.9 Å². The summed E-state index contributed by atoms with van der Waals surface area (Å²) < 4.78 is 5.49. The lowest BCUT2D eigenvalue weighted by atomic mass is 9.73. The highest BCUT2D eigenvalue weighted by atomic mass is 16.5. The van der Waals surface area contributed by atoms with Crippen LogP contribution in [0.25, 0.3) is 0 Å². The Kier molecular flexibility index (Phi) is 7.04. The summed E-state index contributed by atoms with van der Waals surface area (Å²) in [6.07, 6.45) is 4.80. The minimum atomic E-state index is -0.275. The molecule has 0 radical (unpaired) electrons. The molecule has 3 heterocycles. The lowest BCUT2D eigenvalue weighted by molar-refractivity contribution is -0.135. The maximum Gasteiger partial charge on any atom is 0.256 e. The van der Waals surface area contributed by atoms with E-state index in [2.05, 4.69) is 44.8 Å². The van der Waals surface area contributed by atoms with Crippen LogP contribution in [0.3, 0.4) is 0 Å². The van der Waals surface area contributed by atoms with Crippen LogP contribution < -0.4 is 10.6 Å². The zero-order valence-corrected chi connectivity index (χ0v) is 24.8. The number of aryl methyl sites for hydroxylation is 2. The van der Waals surface area contributed by atoms with Gasteiger partial charge in [-0.3, -0.25) is 14.4 Å². The fraction of sp³-hybridized carbons (Fsp3) is 0.429. The summed E-state index contributed by atoms with van der Waals surface area (Å²) in [7, 11) is 0. The Morgan fingerprint density at radius 3 is 2.51 bits per heavy atom. The van der Waals surface area contributed by atoms with Gasteiger partial charge in [0.25, 0.3) is 5.91 Å². The van der Waals surface area contributed by atoms with Crippen LogP contribution in [-0.4, -0.2) is 53.9 Å². The maximum absolute atomic E-state index is 13.4. The van der Waals surface area contributed by atoms with Crippen molar-refractivity contribution in [2.24, 2.45) is 17.8 Å². The van der Waals surface area contributed by atoms with Gasteiger partial charge in [0.2, 0.25) is 11.8 Å². The summed E-state index contributed by atoms with van der Waals surface area (Å²) in [5.41, 5.74) is 5.59. The van der Waals surface area contributed by atoms with Crippen LogP contribution in [0.1, 0.15) is 64.2 Å². The van der Waals surface area contributed by atoms with Gasteiger partial charge >= 0.3 is 0 Å². The summed E-state index contributed by atoms with van der Waals surface area (Å²) in [5, 5.41) is 5.93. The van der Waals surface area contributed by atoms with E-state index in [1.807, 2.05) is 32.0 Å². The highest BCUT2D eigenvalue weighted by Gasteiger charge is 2.59. The number of rotatable bonds is 6. The van der Waals surface area contributed by atoms with Crippen molar-refractivity contribution in [2.75, 3.05) is 36.9 Å². The Morgan fingerprint density at radius 1 is 0.977 bits per heavy atom. The van der Waals surface area contributed by atoms with Crippen molar-refractivity contribution < 1.29 is 19.1 Å². The minimum absolute atomic E-state index is 0.00139. The van der Waals surface area contributed by atoms with Gasteiger partial charge in [-0.05, 0) is 103 Å². The highest BCUT2D eigenvalue weighted by molar-refractivity contribution is 6.05. The SMILES string of the molecule is Cc1ccnc(NC(=O)c2ccc(C)c(NC(=O)CC3CC4(CCN(C(=O)C5[C@H]6COC[C@@H]56)CC4)c4ccccc43)c2)c1. The molecule has 4 atom stereocenters. The van der Waals surface area contributed by atoms with Crippen LogP contribution in [0.4, 0.5) is 11.5 Å². The predicted octanol–water partition coefficient (Wildman–Crippen LogP) is 5.22. The average Bonchev–Trinajstić information content (AvgIpc) is 3.32. The number of likely N-dealkylation sites (tertiary alicyclic amines) is 1. The molecule has 0 bridgehead atoms. The number of carbonyl (C=O) groups excluding carboxylic acids is 3. The molecule has 222 valence electrons. The summed E-state index contributed by atoms with van der Waals surface area (Å²) in [5.74, 6) is 1.61. The fourth-order valence-corrected chi connectivity index (χ4v) is 7.77. The van der Waals surface area contributed by atoms with Gasteiger partial charge in [-0.2, -0.15) is 0 Å². The van der Waals surface area contributed by atoms with Crippen LogP contribution in [0.15, 0.2) is 60.8 Å². The van der Waals surface area contributed by atoms with Gasteiger partial charge in [0.05, 0.1) is 13.2 Å². The van der Waals surface area contributed by atoms with E-state index in [0.717, 1.165) is 56.7 Å². The Balaban J connectivity index is 1.01. The van der Waals surface area contributed by atoms with Gasteiger partial charge in [-0.15, -0.1) is 0 Å². The number of hydrogen-bond acceptors (Lipinski definition) is 5. The van der Waals surface area contributed by atoms with Crippen molar-refractivity contribution in [3.8, 4) is 0 Å². The van der Waals surface area contributed by atoms with E-state index in [0.29, 0.717) is 41.2 Å². The maximum atomic E-state index is 13.4. The lowest BCUT2D eigenvalue weighted by Gasteiger charge is -2.40. The van der Waals surface area contributed by atoms with Crippen LogP contribution in [0.5, 0.6) is 0 Å². The molecule has 2 aromatic carbocycles. The summed E-state index contributed by atoms with van der Waals surface area (Å²) in [4.78, 5) is 45.9. The molecule has 2 saturated heterocycles. The van der Waals surface area contributed by atoms with Gasteiger partial charge in [0.15, 0.2) is 0 Å². The third-order valence-electron chi connectivity index (χ3n) is 10.2. The fourth-order valence-electron chi connectivity index (χ4n) is 7.77. The molecule has 2 aliphatic heterocycles. The second-order valence-electron chi connectivity index (χ2n) is 12.9. The number of anilines is 2. The van der Waals surface area contributed by atoms with E-state index in [4.69, 9.17) is 4.74 Å². The molecule has 2 N–H and O–H groups in total. The number of nitrogens with one attached hydrogen (secondary N) is 2. The Bertz CT molecular complexity index is 1580. The van der Waals surface area contributed by atoms with Gasteiger partial charge in [-0.1, -0.05) is 30.3 Å². The van der Waals surface area contributed by atoms with Crippen molar-refractivity contribution in [3.05, 3.63) is 88.6 Å². The third-order valence-corrected chi connectivity index (χ3v) is 10.2. The van der Waals surface area contributed by atoms with Crippen molar-refractivity contribution in [3.63, 3.8) is 0 Å². The Morgan fingerprint density at radius 2 is 1.74 bits per heavy atom. The zero-order valence-electron chi connectivity index (χ0n) is 24.8. The van der Waals surface area contributed by atoms with Gasteiger partial charge in [0, 0.05) is 42.9 Å². The molecule has 8 nitrogen and oxygen atoms in total. The molecule has 3 aromatic rings. The van der Waals surface area contributed by atoms with Crippen LogP contribution in [0.2, 0.25) is 0 Å². The molecule has 2 unspecified atom stereocenters. The molecule has 7 rings (SSSR count). The Hall–Kier alpha value is -4.04. The van der Waals surface area contributed by atoms with E-state index in [-0.39, 0.29) is 29.1 Å². The van der Waals surface area contributed by atoms with E-state index in [9.17, 15) is 14.4 Å². The second kappa shape index (κ2) is 10.9. The molecule has 1 saturated carbocycles. The van der Waals surface area contributed by atoms with Gasteiger partial charge in [0.1, 0.15) is 5.82 Å². The molecule has 43 heavy (non-hydrogen) atoms. The van der Waals surface area contributed by atoms with Gasteiger partial charge < -0.3 is 20.3 Å². The van der Waals surface area contributed by atoms with Crippen LogP contribution in [-0.2, 0) is 19.7 Å². The first-order valence-electron chi connectivity index (χ1n) is 15.4. The first-order valence-corrected chi connectivity index (χ1v) is 15.4. The number of carbonyl (C=O) groups is 3. The van der Waals surface area contributed by atoms with E-state index in [1.165, 1.54) is 11.1 Å². The van der Waals surface area contributed by atoms with Crippen molar-refractivity contribution in [1.29, 1.82) is 0 Å². The number of benzene rings is 2. The number of piperidine rings is 1. The van der Waals surface area contributed by atoms with Crippen molar-refractivity contribution >= 4 is 29.2 Å². The topological polar surface area (TPSA) is 101 Å². The number of amides is 3. The third kappa shape index (κ3) is 5.22. The predicted molar refractivity (Wildman–Crippen MR) is 164 cm³/mol. The standard InChI is InChI=1S/C35H38N4O4/c1-21-9-12-36-30(15-21)38-33(41)23-8-7-22(2)29(16-23)37-31(40)17-24-18-35(28-6-4-3-5-25(24)28)10-13-39(14-11-35)34(42)32-26-19-43-20-27(26)32/h3-9,12,15-16,24,26-27,32H,10-11,13-14,17-20H2,1-2H3,(H,37,40)(H,36,38,41)/t24?,26-,27+,32?. The number of nitrogens with zero attached hydrogens (tertiary/aromatic N) is 2. The molecular formula is C35H38N4O4. The Labute approximate surface area is 252 Å². The monoisotopic (exact) mass is 578 g/mol. The molecule has 3 fully saturated rings. The van der Waals surface area contributed by atoms with Crippen molar-refractivity contribution in [1.82, 2.24) is 9.88 Å². The summed E-state index contributed by atoms with van der Waals surface area (Å²) in [6, 6.07) is 17.6. The summed E-state index contributed by atoms with van der Waals surface area (Å²) in [6.45, 7) is 6.89. The molecular weight excluding hydrogens is 540 g/mol. The zero-order chi connectivity index (χ0) is 29.7. The number of pyridine rings is 1.